The second-order valence-electron chi connectivity index (χ2n) is 8.86. The molecule has 0 unspecified atom stereocenters. The van der Waals surface area contributed by atoms with Gasteiger partial charge in [-0.1, -0.05) is 60.7 Å². The summed E-state index contributed by atoms with van der Waals surface area (Å²) in [6.07, 6.45) is 0.656. The van der Waals surface area contributed by atoms with Crippen molar-refractivity contribution in [3.63, 3.8) is 0 Å². The molecule has 4 aromatic rings. The van der Waals surface area contributed by atoms with E-state index in [4.69, 9.17) is 9.47 Å². The Morgan fingerprint density at radius 3 is 2.00 bits per heavy atom. The van der Waals surface area contributed by atoms with Gasteiger partial charge in [0, 0.05) is 49.2 Å². The molecule has 7 heteroatoms. The molecule has 0 saturated carbocycles. The summed E-state index contributed by atoms with van der Waals surface area (Å²) in [5, 5.41) is 0. The van der Waals surface area contributed by atoms with Crippen LogP contribution in [0.4, 0.5) is 14.5 Å². The Balaban J connectivity index is 1.44. The summed E-state index contributed by atoms with van der Waals surface area (Å²) in [6, 6.07) is 24.8. The molecule has 3 aromatic carbocycles. The van der Waals surface area contributed by atoms with E-state index in [1.165, 1.54) is 6.07 Å². The van der Waals surface area contributed by atoms with Crippen molar-refractivity contribution in [1.29, 1.82) is 0 Å². The lowest BCUT2D eigenvalue weighted by atomic mass is 10.0. The minimum atomic E-state index is -0.599. The number of aromatic nitrogens is 1. The van der Waals surface area contributed by atoms with Gasteiger partial charge in [-0.2, -0.15) is 4.98 Å². The van der Waals surface area contributed by atoms with E-state index in [2.05, 4.69) is 4.98 Å². The second kappa shape index (κ2) is 11.2. The second-order valence-corrected chi connectivity index (χ2v) is 8.86. The topological polar surface area (TPSA) is 51.7 Å². The highest BCUT2D eigenvalue weighted by Gasteiger charge is 2.23. The molecule has 0 aliphatic carbocycles. The van der Waals surface area contributed by atoms with E-state index in [0.29, 0.717) is 44.0 Å². The maximum absolute atomic E-state index is 15.4. The van der Waals surface area contributed by atoms with Gasteiger partial charge in [-0.15, -0.1) is 0 Å². The lowest BCUT2D eigenvalue weighted by Gasteiger charge is -2.28. The minimum absolute atomic E-state index is 0.0412. The fraction of sp³-hybridized carbons (Fsp3) is 0.200. The van der Waals surface area contributed by atoms with E-state index >= 15 is 8.78 Å². The zero-order valence-corrected chi connectivity index (χ0v) is 20.2. The van der Waals surface area contributed by atoms with Crippen molar-refractivity contribution < 1.29 is 23.0 Å². The number of benzene rings is 3. The molecule has 1 saturated heterocycles. The average molecular weight is 501 g/mol. The lowest BCUT2D eigenvalue weighted by molar-refractivity contribution is -0.119. The SMILES string of the molecule is O=C1CCN(c2cc(F)c(-c3ccc(OCc4ccccc4)nc3OCc3ccccc3)cc2F)CC1. The van der Waals surface area contributed by atoms with Gasteiger partial charge >= 0.3 is 0 Å². The fourth-order valence-electron chi connectivity index (χ4n) is 4.26. The Labute approximate surface area is 214 Å². The molecule has 0 spiro atoms. The zero-order chi connectivity index (χ0) is 25.6. The Kier molecular flexibility index (Phi) is 7.40. The van der Waals surface area contributed by atoms with Gasteiger partial charge in [-0.3, -0.25) is 4.79 Å². The summed E-state index contributed by atoms with van der Waals surface area (Å²) in [7, 11) is 0. The minimum Gasteiger partial charge on any atom is -0.473 e. The third-order valence-corrected chi connectivity index (χ3v) is 6.27. The number of anilines is 1. The maximum Gasteiger partial charge on any atom is 0.225 e. The highest BCUT2D eigenvalue weighted by molar-refractivity contribution is 5.81. The van der Waals surface area contributed by atoms with Crippen LogP contribution in [-0.2, 0) is 18.0 Å². The van der Waals surface area contributed by atoms with E-state index in [-0.39, 0.29) is 29.5 Å². The molecule has 0 amide bonds. The Morgan fingerprint density at radius 2 is 1.35 bits per heavy atom. The number of carbonyl (C=O) groups is 1. The Bertz CT molecular complexity index is 1370. The average Bonchev–Trinajstić information content (AvgIpc) is 2.93. The van der Waals surface area contributed by atoms with E-state index < -0.39 is 11.6 Å². The third kappa shape index (κ3) is 5.94. The van der Waals surface area contributed by atoms with Crippen LogP contribution < -0.4 is 14.4 Å². The molecule has 1 fully saturated rings. The van der Waals surface area contributed by atoms with Crippen molar-refractivity contribution in [1.82, 2.24) is 4.98 Å². The first-order chi connectivity index (χ1) is 18.1. The smallest absolute Gasteiger partial charge is 0.225 e. The quantitative estimate of drug-likeness (QED) is 0.282. The molecule has 1 aromatic heterocycles. The van der Waals surface area contributed by atoms with Crippen molar-refractivity contribution in [2.75, 3.05) is 18.0 Å². The summed E-state index contributed by atoms with van der Waals surface area (Å²) in [5.41, 5.74) is 2.39. The molecule has 0 bridgehead atoms. The lowest BCUT2D eigenvalue weighted by Crippen LogP contribution is -2.34. The number of Topliss-reactive ketones (excluding diaryl/α,β-unsaturated/α-hetero) is 1. The third-order valence-electron chi connectivity index (χ3n) is 6.27. The predicted octanol–water partition coefficient (Wildman–Crippen LogP) is 6.35. The number of nitrogens with zero attached hydrogens (tertiary/aromatic N) is 2. The van der Waals surface area contributed by atoms with Gasteiger partial charge in [0.25, 0.3) is 0 Å². The van der Waals surface area contributed by atoms with Crippen LogP contribution >= 0.6 is 0 Å². The predicted molar refractivity (Wildman–Crippen MR) is 138 cm³/mol. The van der Waals surface area contributed by atoms with E-state index in [1.54, 1.807) is 17.0 Å². The van der Waals surface area contributed by atoms with Crippen molar-refractivity contribution in [3.05, 3.63) is 108 Å². The molecule has 0 atom stereocenters. The molecule has 0 N–H and O–H groups in total. The highest BCUT2D eigenvalue weighted by Crippen LogP contribution is 2.36. The van der Waals surface area contributed by atoms with Crippen LogP contribution in [0.1, 0.15) is 24.0 Å². The number of pyridine rings is 1. The van der Waals surface area contributed by atoms with Crippen LogP contribution in [0.25, 0.3) is 11.1 Å². The first kappa shape index (κ1) is 24.4. The summed E-state index contributed by atoms with van der Waals surface area (Å²) in [4.78, 5) is 17.8. The van der Waals surface area contributed by atoms with Crippen molar-refractivity contribution in [2.45, 2.75) is 26.1 Å². The Morgan fingerprint density at radius 1 is 0.730 bits per heavy atom. The van der Waals surface area contributed by atoms with Gasteiger partial charge in [0.15, 0.2) is 0 Å². The van der Waals surface area contributed by atoms with Gasteiger partial charge in [0.05, 0.1) is 5.69 Å². The molecule has 188 valence electrons. The number of carbonyl (C=O) groups excluding carboxylic acids is 1. The van der Waals surface area contributed by atoms with E-state index in [9.17, 15) is 4.79 Å². The van der Waals surface area contributed by atoms with Crippen molar-refractivity contribution in [2.24, 2.45) is 0 Å². The molecule has 1 aliphatic heterocycles. The summed E-state index contributed by atoms with van der Waals surface area (Å²) in [5.74, 6) is -0.577. The van der Waals surface area contributed by atoms with E-state index in [1.807, 2.05) is 60.7 Å². The van der Waals surface area contributed by atoms with Crippen molar-refractivity contribution >= 4 is 11.5 Å². The molecule has 1 aliphatic rings. The zero-order valence-electron chi connectivity index (χ0n) is 20.2. The molecule has 0 radical (unpaired) electrons. The van der Waals surface area contributed by atoms with Crippen molar-refractivity contribution in [3.8, 4) is 22.9 Å². The first-order valence-corrected chi connectivity index (χ1v) is 12.2. The van der Waals surface area contributed by atoms with Crippen LogP contribution in [0.3, 0.4) is 0 Å². The largest absolute Gasteiger partial charge is 0.473 e. The number of hydrogen-bond donors (Lipinski definition) is 0. The summed E-state index contributed by atoms with van der Waals surface area (Å²) < 4.78 is 42.4. The van der Waals surface area contributed by atoms with Gasteiger partial charge in [0.2, 0.25) is 11.8 Å². The highest BCUT2D eigenvalue weighted by atomic mass is 19.1. The van der Waals surface area contributed by atoms with Crippen LogP contribution in [0.5, 0.6) is 11.8 Å². The van der Waals surface area contributed by atoms with Gasteiger partial charge < -0.3 is 14.4 Å². The molecular weight excluding hydrogens is 474 g/mol. The molecule has 5 rings (SSSR count). The number of halogens is 2. The summed E-state index contributed by atoms with van der Waals surface area (Å²) in [6.45, 7) is 1.25. The van der Waals surface area contributed by atoms with E-state index in [0.717, 1.165) is 17.2 Å². The van der Waals surface area contributed by atoms with Crippen LogP contribution in [0, 0.1) is 11.6 Å². The number of rotatable bonds is 8. The number of ether oxygens (including phenoxy) is 2. The number of ketones is 1. The first-order valence-electron chi connectivity index (χ1n) is 12.2. The monoisotopic (exact) mass is 500 g/mol. The number of hydrogen-bond acceptors (Lipinski definition) is 5. The molecule has 37 heavy (non-hydrogen) atoms. The fourth-order valence-corrected chi connectivity index (χ4v) is 4.26. The maximum atomic E-state index is 15.4. The molecule has 2 heterocycles. The van der Waals surface area contributed by atoms with Crippen LogP contribution in [-0.4, -0.2) is 23.9 Å². The number of piperidine rings is 1. The molecule has 5 nitrogen and oxygen atoms in total. The van der Waals surface area contributed by atoms with Gasteiger partial charge in [-0.05, 0) is 23.3 Å². The molecular formula is C30H26F2N2O3. The van der Waals surface area contributed by atoms with Gasteiger partial charge in [0.1, 0.15) is 30.6 Å². The van der Waals surface area contributed by atoms with Crippen LogP contribution in [0.2, 0.25) is 0 Å². The summed E-state index contributed by atoms with van der Waals surface area (Å²) >= 11 is 0. The van der Waals surface area contributed by atoms with Gasteiger partial charge in [-0.25, -0.2) is 8.78 Å². The normalized spacial score (nSPS) is 13.5. The Hall–Kier alpha value is -4.26. The van der Waals surface area contributed by atoms with Crippen LogP contribution in [0.15, 0.2) is 84.9 Å². The standard InChI is InChI=1S/C30H26F2N2O3/c31-26-18-28(34-15-13-23(35)14-16-34)27(32)17-25(26)24-11-12-29(36-19-21-7-3-1-4-8-21)33-30(24)37-20-22-9-5-2-6-10-22/h1-12,17-18H,13-16,19-20H2.